The number of carbonyl (C=O) groups excluding carboxylic acids is 1. The van der Waals surface area contributed by atoms with Crippen LogP contribution in [0.5, 0.6) is 0 Å². The third kappa shape index (κ3) is 2.46. The molecule has 0 spiro atoms. The second kappa shape index (κ2) is 5.17. The third-order valence-corrected chi connectivity index (χ3v) is 4.66. The molecule has 0 N–H and O–H groups in total. The molecule has 3 heteroatoms. The summed E-state index contributed by atoms with van der Waals surface area (Å²) in [5.41, 5.74) is 1.24. The zero-order valence-corrected chi connectivity index (χ0v) is 13.8. The van der Waals surface area contributed by atoms with Crippen LogP contribution in [0, 0.1) is 5.41 Å². The number of ketones is 1. The minimum Gasteiger partial charge on any atom is -0.427 e. The van der Waals surface area contributed by atoms with Crippen LogP contribution in [0.15, 0.2) is 57.7 Å². The smallest absolute Gasteiger partial charge is 0.343 e. The van der Waals surface area contributed by atoms with Crippen molar-refractivity contribution in [2.45, 2.75) is 26.7 Å². The number of fused-ring (bicyclic) bond motifs is 2. The molecule has 0 unspecified atom stereocenters. The summed E-state index contributed by atoms with van der Waals surface area (Å²) in [6.45, 7) is 4.04. The molecule has 3 aromatic rings. The van der Waals surface area contributed by atoms with E-state index in [1.54, 1.807) is 6.07 Å². The molecule has 1 aliphatic carbocycles. The predicted octanol–water partition coefficient (Wildman–Crippen LogP) is 4.62. The van der Waals surface area contributed by atoms with Crippen LogP contribution in [0.1, 0.15) is 36.4 Å². The van der Waals surface area contributed by atoms with Crippen LogP contribution >= 0.6 is 0 Å². The fourth-order valence-corrected chi connectivity index (χ4v) is 3.46. The van der Waals surface area contributed by atoms with Crippen LogP contribution in [0.4, 0.5) is 0 Å². The Hall–Kier alpha value is -2.68. The average Bonchev–Trinajstić information content (AvgIpc) is 2.52. The molecule has 0 aliphatic heterocycles. The molecule has 2 aromatic carbocycles. The van der Waals surface area contributed by atoms with E-state index in [2.05, 4.69) is 0 Å². The van der Waals surface area contributed by atoms with Crippen LogP contribution in [-0.2, 0) is 6.42 Å². The van der Waals surface area contributed by atoms with Gasteiger partial charge in [-0.25, -0.2) is 4.79 Å². The van der Waals surface area contributed by atoms with Crippen LogP contribution in [-0.4, -0.2) is 5.78 Å². The van der Waals surface area contributed by atoms with Gasteiger partial charge in [-0.3, -0.25) is 4.79 Å². The van der Waals surface area contributed by atoms with Crippen molar-refractivity contribution in [3.8, 4) is 11.1 Å². The largest absolute Gasteiger partial charge is 0.427 e. The van der Waals surface area contributed by atoms with Crippen molar-refractivity contribution >= 4 is 16.6 Å². The molecule has 0 bridgehead atoms. The van der Waals surface area contributed by atoms with E-state index < -0.39 is 0 Å². The molecule has 0 amide bonds. The molecule has 120 valence electrons. The van der Waals surface area contributed by atoms with Gasteiger partial charge in [-0.1, -0.05) is 50.2 Å². The SMILES string of the molecule is CC1(C)CC(=O)c2cc(-c3ccc4ccccc4c3)c(=O)oc2C1. The molecule has 4 rings (SSSR count). The Morgan fingerprint density at radius 3 is 2.42 bits per heavy atom. The monoisotopic (exact) mass is 318 g/mol. The number of benzene rings is 2. The van der Waals surface area contributed by atoms with Crippen LogP contribution in [0.25, 0.3) is 21.9 Å². The highest BCUT2D eigenvalue weighted by Crippen LogP contribution is 2.35. The lowest BCUT2D eigenvalue weighted by Gasteiger charge is -2.28. The van der Waals surface area contributed by atoms with Crippen molar-refractivity contribution in [1.29, 1.82) is 0 Å². The van der Waals surface area contributed by atoms with Gasteiger partial charge in [-0.15, -0.1) is 0 Å². The summed E-state index contributed by atoms with van der Waals surface area (Å²) in [4.78, 5) is 24.9. The predicted molar refractivity (Wildman–Crippen MR) is 94.4 cm³/mol. The third-order valence-electron chi connectivity index (χ3n) is 4.66. The van der Waals surface area contributed by atoms with Gasteiger partial charge in [-0.05, 0) is 33.9 Å². The highest BCUT2D eigenvalue weighted by Gasteiger charge is 2.33. The lowest BCUT2D eigenvalue weighted by atomic mass is 9.76. The van der Waals surface area contributed by atoms with Gasteiger partial charge in [0.1, 0.15) is 5.76 Å². The first kappa shape index (κ1) is 14.9. The Morgan fingerprint density at radius 1 is 0.875 bits per heavy atom. The highest BCUT2D eigenvalue weighted by molar-refractivity contribution is 5.99. The number of hydrogen-bond donors (Lipinski definition) is 0. The number of rotatable bonds is 1. The highest BCUT2D eigenvalue weighted by atomic mass is 16.4. The van der Waals surface area contributed by atoms with Crippen LogP contribution in [0.3, 0.4) is 0 Å². The van der Waals surface area contributed by atoms with Gasteiger partial charge < -0.3 is 4.42 Å². The van der Waals surface area contributed by atoms with Crippen molar-refractivity contribution < 1.29 is 9.21 Å². The molecule has 0 atom stereocenters. The summed E-state index contributed by atoms with van der Waals surface area (Å²) in [6, 6.07) is 15.5. The second-order valence-electron chi connectivity index (χ2n) is 7.29. The Bertz CT molecular complexity index is 1020. The normalized spacial score (nSPS) is 16.2. The minimum absolute atomic E-state index is 0.0482. The Morgan fingerprint density at radius 2 is 1.62 bits per heavy atom. The maximum Gasteiger partial charge on any atom is 0.343 e. The summed E-state index contributed by atoms with van der Waals surface area (Å²) < 4.78 is 5.53. The molecular formula is C21H18O3. The lowest BCUT2D eigenvalue weighted by molar-refractivity contribution is 0.0898. The lowest BCUT2D eigenvalue weighted by Crippen LogP contribution is -2.28. The zero-order chi connectivity index (χ0) is 16.9. The number of Topliss-reactive ketones (excluding diaryl/α,β-unsaturated/α-hetero) is 1. The molecule has 1 aromatic heterocycles. The van der Waals surface area contributed by atoms with Gasteiger partial charge in [0, 0.05) is 12.8 Å². The van der Waals surface area contributed by atoms with E-state index >= 15 is 0 Å². The van der Waals surface area contributed by atoms with E-state index in [1.807, 2.05) is 56.3 Å². The molecule has 3 nitrogen and oxygen atoms in total. The first-order valence-corrected chi connectivity index (χ1v) is 8.12. The van der Waals surface area contributed by atoms with Crippen LogP contribution in [0.2, 0.25) is 0 Å². The molecule has 1 aliphatic rings. The number of hydrogen-bond acceptors (Lipinski definition) is 3. The molecule has 0 saturated heterocycles. The quantitative estimate of drug-likeness (QED) is 0.658. The van der Waals surface area contributed by atoms with E-state index in [-0.39, 0.29) is 16.8 Å². The van der Waals surface area contributed by atoms with Crippen molar-refractivity contribution in [3.63, 3.8) is 0 Å². The molecule has 0 radical (unpaired) electrons. The maximum atomic E-state index is 12.5. The topological polar surface area (TPSA) is 47.3 Å². The summed E-state index contributed by atoms with van der Waals surface area (Å²) in [6.07, 6.45) is 1.09. The summed E-state index contributed by atoms with van der Waals surface area (Å²) >= 11 is 0. The molecule has 1 heterocycles. The van der Waals surface area contributed by atoms with Crippen molar-refractivity contribution in [2.24, 2.45) is 5.41 Å². The standard InChI is InChI=1S/C21H18O3/c1-21(2)11-18(22)17-10-16(20(23)24-19(17)12-21)15-8-7-13-5-3-4-6-14(13)9-15/h3-10H,11-12H2,1-2H3. The first-order valence-electron chi connectivity index (χ1n) is 8.12. The van der Waals surface area contributed by atoms with Crippen molar-refractivity contribution in [1.82, 2.24) is 0 Å². The second-order valence-corrected chi connectivity index (χ2v) is 7.29. The van der Waals surface area contributed by atoms with E-state index in [4.69, 9.17) is 4.42 Å². The zero-order valence-electron chi connectivity index (χ0n) is 13.8. The fourth-order valence-electron chi connectivity index (χ4n) is 3.46. The van der Waals surface area contributed by atoms with E-state index in [0.717, 1.165) is 16.3 Å². The molecule has 24 heavy (non-hydrogen) atoms. The summed E-state index contributed by atoms with van der Waals surface area (Å²) in [5, 5.41) is 2.17. The van der Waals surface area contributed by atoms with Gasteiger partial charge in [0.05, 0.1) is 11.1 Å². The molecule has 0 fully saturated rings. The van der Waals surface area contributed by atoms with Gasteiger partial charge in [0.2, 0.25) is 0 Å². The van der Waals surface area contributed by atoms with Gasteiger partial charge in [0.15, 0.2) is 5.78 Å². The van der Waals surface area contributed by atoms with E-state index in [0.29, 0.717) is 29.7 Å². The minimum atomic E-state index is -0.380. The van der Waals surface area contributed by atoms with Crippen molar-refractivity contribution in [2.75, 3.05) is 0 Å². The summed E-state index contributed by atoms with van der Waals surface area (Å²) in [5.74, 6) is 0.567. The van der Waals surface area contributed by atoms with Gasteiger partial charge in [-0.2, -0.15) is 0 Å². The Labute approximate surface area is 139 Å². The number of carbonyl (C=O) groups is 1. The fraction of sp³-hybridized carbons (Fsp3) is 0.238. The van der Waals surface area contributed by atoms with E-state index in [9.17, 15) is 9.59 Å². The van der Waals surface area contributed by atoms with Crippen molar-refractivity contribution in [3.05, 3.63) is 70.3 Å². The average molecular weight is 318 g/mol. The molecule has 0 saturated carbocycles. The Balaban J connectivity index is 1.88. The molecular weight excluding hydrogens is 300 g/mol. The van der Waals surface area contributed by atoms with Crippen LogP contribution < -0.4 is 5.63 Å². The van der Waals surface area contributed by atoms with Gasteiger partial charge >= 0.3 is 5.63 Å². The Kier molecular flexibility index (Phi) is 3.20. The van der Waals surface area contributed by atoms with Gasteiger partial charge in [0.25, 0.3) is 0 Å². The first-order chi connectivity index (χ1) is 11.4. The van der Waals surface area contributed by atoms with E-state index in [1.165, 1.54) is 0 Å². The summed E-state index contributed by atoms with van der Waals surface area (Å²) in [7, 11) is 0. The maximum absolute atomic E-state index is 12.5.